The van der Waals surface area contributed by atoms with E-state index in [1.807, 2.05) is 84.4 Å². The van der Waals surface area contributed by atoms with E-state index in [1.165, 1.54) is 0 Å². The fourth-order valence-corrected chi connectivity index (χ4v) is 2.61. The van der Waals surface area contributed by atoms with E-state index in [9.17, 15) is 4.79 Å². The van der Waals surface area contributed by atoms with Crippen molar-refractivity contribution in [3.8, 4) is 5.69 Å². The van der Waals surface area contributed by atoms with Crippen LogP contribution in [0.2, 0.25) is 5.02 Å². The van der Waals surface area contributed by atoms with Crippen molar-refractivity contribution in [2.75, 3.05) is 19.0 Å². The zero-order chi connectivity index (χ0) is 18.5. The molecule has 1 N–H and O–H groups in total. The van der Waals surface area contributed by atoms with E-state index in [1.54, 1.807) is 12.3 Å². The summed E-state index contributed by atoms with van der Waals surface area (Å²) in [6.45, 7) is 0. The molecule has 0 saturated heterocycles. The number of carbonyl (C=O) groups is 1. The second kappa shape index (κ2) is 7.89. The first-order chi connectivity index (χ1) is 12.5. The minimum absolute atomic E-state index is 0.255. The molecule has 3 aromatic rings. The molecule has 0 atom stereocenters. The normalized spacial score (nSPS) is 10.9. The van der Waals surface area contributed by atoms with Gasteiger partial charge in [0.15, 0.2) is 0 Å². The molecular formula is C20H19ClN4O. The van der Waals surface area contributed by atoms with Crippen molar-refractivity contribution < 1.29 is 4.79 Å². The molecule has 0 aliphatic carbocycles. The monoisotopic (exact) mass is 366 g/mol. The standard InChI is InChI=1S/C20H19ClN4O/c1-24(2)18-6-3-5-15(13-18)20(26)23-22-14-19-7-4-12-25(19)17-10-8-16(21)9-11-17/h3-14H,1-2H3,(H,23,26)/b22-14+. The molecule has 6 heteroatoms. The van der Waals surface area contributed by atoms with Crippen molar-refractivity contribution in [1.82, 2.24) is 9.99 Å². The van der Waals surface area contributed by atoms with Gasteiger partial charge in [0.25, 0.3) is 5.91 Å². The van der Waals surface area contributed by atoms with Gasteiger partial charge in [0.1, 0.15) is 0 Å². The number of rotatable bonds is 5. The van der Waals surface area contributed by atoms with E-state index in [-0.39, 0.29) is 5.91 Å². The van der Waals surface area contributed by atoms with Crippen molar-refractivity contribution in [2.45, 2.75) is 0 Å². The summed E-state index contributed by atoms with van der Waals surface area (Å²) in [4.78, 5) is 14.2. The average Bonchev–Trinajstić information content (AvgIpc) is 3.11. The van der Waals surface area contributed by atoms with Crippen LogP contribution in [-0.2, 0) is 0 Å². The number of anilines is 1. The molecule has 0 bridgehead atoms. The average molecular weight is 367 g/mol. The summed E-state index contributed by atoms with van der Waals surface area (Å²) in [5.74, 6) is -0.255. The zero-order valence-electron chi connectivity index (χ0n) is 14.6. The van der Waals surface area contributed by atoms with Gasteiger partial charge in [0.05, 0.1) is 11.9 Å². The lowest BCUT2D eigenvalue weighted by molar-refractivity contribution is 0.0955. The first-order valence-electron chi connectivity index (χ1n) is 8.09. The van der Waals surface area contributed by atoms with Gasteiger partial charge < -0.3 is 9.47 Å². The molecule has 0 radical (unpaired) electrons. The highest BCUT2D eigenvalue weighted by atomic mass is 35.5. The van der Waals surface area contributed by atoms with E-state index < -0.39 is 0 Å². The summed E-state index contributed by atoms with van der Waals surface area (Å²) in [6.07, 6.45) is 3.54. The maximum atomic E-state index is 12.3. The zero-order valence-corrected chi connectivity index (χ0v) is 15.3. The first-order valence-corrected chi connectivity index (χ1v) is 8.46. The van der Waals surface area contributed by atoms with Gasteiger partial charge in [-0.1, -0.05) is 17.7 Å². The van der Waals surface area contributed by atoms with Crippen LogP contribution in [0.15, 0.2) is 72.0 Å². The Hall–Kier alpha value is -3.05. The van der Waals surface area contributed by atoms with Crippen LogP contribution in [0.1, 0.15) is 16.1 Å². The highest BCUT2D eigenvalue weighted by Crippen LogP contribution is 2.16. The Labute approximate surface area is 157 Å². The number of hydrazone groups is 1. The van der Waals surface area contributed by atoms with Crippen LogP contribution in [0.3, 0.4) is 0 Å². The summed E-state index contributed by atoms with van der Waals surface area (Å²) < 4.78 is 1.96. The number of nitrogens with zero attached hydrogens (tertiary/aromatic N) is 3. The topological polar surface area (TPSA) is 49.6 Å². The Morgan fingerprint density at radius 3 is 2.62 bits per heavy atom. The number of halogens is 1. The van der Waals surface area contributed by atoms with Crippen molar-refractivity contribution in [2.24, 2.45) is 5.10 Å². The second-order valence-electron chi connectivity index (χ2n) is 5.92. The third kappa shape index (κ3) is 4.13. The van der Waals surface area contributed by atoms with E-state index >= 15 is 0 Å². The lowest BCUT2D eigenvalue weighted by Crippen LogP contribution is -2.18. The predicted molar refractivity (Wildman–Crippen MR) is 107 cm³/mol. The van der Waals surface area contributed by atoms with Crippen molar-refractivity contribution in [3.05, 3.63) is 83.1 Å². The molecule has 0 spiro atoms. The maximum absolute atomic E-state index is 12.3. The molecule has 1 heterocycles. The summed E-state index contributed by atoms with van der Waals surface area (Å²) >= 11 is 5.93. The molecule has 0 fully saturated rings. The van der Waals surface area contributed by atoms with Gasteiger partial charge >= 0.3 is 0 Å². The van der Waals surface area contributed by atoms with E-state index in [2.05, 4.69) is 10.5 Å². The Morgan fingerprint density at radius 2 is 1.88 bits per heavy atom. The largest absolute Gasteiger partial charge is 0.378 e. The van der Waals surface area contributed by atoms with Crippen LogP contribution in [-0.4, -0.2) is 30.8 Å². The molecule has 0 saturated carbocycles. The van der Waals surface area contributed by atoms with Crippen LogP contribution in [0.5, 0.6) is 0 Å². The Kier molecular flexibility index (Phi) is 5.39. The summed E-state index contributed by atoms with van der Waals surface area (Å²) in [6, 6.07) is 18.7. The van der Waals surface area contributed by atoms with Crippen LogP contribution >= 0.6 is 11.6 Å². The third-order valence-corrected chi connectivity index (χ3v) is 4.12. The second-order valence-corrected chi connectivity index (χ2v) is 6.36. The fraction of sp³-hybridized carbons (Fsp3) is 0.100. The Bertz CT molecular complexity index is 929. The van der Waals surface area contributed by atoms with Crippen LogP contribution in [0, 0.1) is 0 Å². The summed E-state index contributed by atoms with van der Waals surface area (Å²) in [7, 11) is 3.86. The van der Waals surface area contributed by atoms with Gasteiger partial charge in [-0.25, -0.2) is 5.43 Å². The van der Waals surface area contributed by atoms with Gasteiger partial charge in [-0.15, -0.1) is 0 Å². The highest BCUT2D eigenvalue weighted by Gasteiger charge is 2.06. The van der Waals surface area contributed by atoms with Crippen LogP contribution in [0.25, 0.3) is 5.69 Å². The third-order valence-electron chi connectivity index (χ3n) is 3.87. The van der Waals surface area contributed by atoms with Crippen LogP contribution < -0.4 is 10.3 Å². The highest BCUT2D eigenvalue weighted by molar-refractivity contribution is 6.30. The Morgan fingerprint density at radius 1 is 1.12 bits per heavy atom. The lowest BCUT2D eigenvalue weighted by Gasteiger charge is -2.12. The quantitative estimate of drug-likeness (QED) is 0.549. The number of hydrogen-bond donors (Lipinski definition) is 1. The van der Waals surface area contributed by atoms with Gasteiger partial charge in [0.2, 0.25) is 0 Å². The molecule has 3 rings (SSSR count). The number of benzene rings is 2. The molecule has 5 nitrogen and oxygen atoms in total. The van der Waals surface area contributed by atoms with E-state index in [0.29, 0.717) is 10.6 Å². The molecule has 0 unspecified atom stereocenters. The number of hydrogen-bond acceptors (Lipinski definition) is 3. The first kappa shape index (κ1) is 17.8. The summed E-state index contributed by atoms with van der Waals surface area (Å²) in [5, 5.41) is 4.77. The van der Waals surface area contributed by atoms with Gasteiger partial charge in [-0.05, 0) is 54.6 Å². The number of carbonyl (C=O) groups excluding carboxylic acids is 1. The molecule has 0 aliphatic rings. The molecule has 1 aromatic heterocycles. The smallest absolute Gasteiger partial charge is 0.271 e. The predicted octanol–water partition coefficient (Wildman–Crippen LogP) is 3.96. The Balaban J connectivity index is 1.72. The molecule has 1 amide bonds. The van der Waals surface area contributed by atoms with Gasteiger partial charge in [-0.2, -0.15) is 5.10 Å². The number of aromatic nitrogens is 1. The van der Waals surface area contributed by atoms with Crippen LogP contribution in [0.4, 0.5) is 5.69 Å². The molecule has 0 aliphatic heterocycles. The molecular weight excluding hydrogens is 348 g/mol. The fourth-order valence-electron chi connectivity index (χ4n) is 2.48. The van der Waals surface area contributed by atoms with Gasteiger partial charge in [0, 0.05) is 42.3 Å². The minimum Gasteiger partial charge on any atom is -0.378 e. The summed E-state index contributed by atoms with van der Waals surface area (Å²) in [5.41, 5.74) is 5.89. The van der Waals surface area contributed by atoms with Crippen molar-refractivity contribution >= 4 is 29.4 Å². The minimum atomic E-state index is -0.255. The van der Waals surface area contributed by atoms with Gasteiger partial charge in [-0.3, -0.25) is 4.79 Å². The maximum Gasteiger partial charge on any atom is 0.271 e. The van der Waals surface area contributed by atoms with Crippen molar-refractivity contribution in [1.29, 1.82) is 0 Å². The lowest BCUT2D eigenvalue weighted by atomic mass is 10.2. The molecule has 2 aromatic carbocycles. The number of nitrogens with one attached hydrogen (secondary N) is 1. The number of amides is 1. The van der Waals surface area contributed by atoms with Crippen molar-refractivity contribution in [3.63, 3.8) is 0 Å². The van der Waals surface area contributed by atoms with E-state index in [0.717, 1.165) is 17.1 Å². The molecule has 132 valence electrons. The molecule has 26 heavy (non-hydrogen) atoms. The SMILES string of the molecule is CN(C)c1cccc(C(=O)N/N=C/c2cccn2-c2ccc(Cl)cc2)c1. The van der Waals surface area contributed by atoms with E-state index in [4.69, 9.17) is 11.6 Å².